The van der Waals surface area contributed by atoms with Crippen LogP contribution in [0.3, 0.4) is 0 Å². The lowest BCUT2D eigenvalue weighted by atomic mass is 10.0. The number of ether oxygens (including phenoxy) is 2. The number of para-hydroxylation sites is 4. The van der Waals surface area contributed by atoms with Crippen molar-refractivity contribution in [2.45, 2.75) is 13.8 Å². The predicted molar refractivity (Wildman–Crippen MR) is 244 cm³/mol. The third-order valence-corrected chi connectivity index (χ3v) is 12.9. The van der Waals surface area contributed by atoms with E-state index < -0.39 is 0 Å². The second-order valence-corrected chi connectivity index (χ2v) is 15.7. The van der Waals surface area contributed by atoms with E-state index in [2.05, 4.69) is 189 Å². The maximum atomic E-state index is 5.36. The average Bonchev–Trinajstić information content (AvgIpc) is 3.69. The van der Waals surface area contributed by atoms with Crippen LogP contribution in [0.15, 0.2) is 146 Å². The molecule has 0 amide bonds. The van der Waals surface area contributed by atoms with Crippen molar-refractivity contribution in [2.75, 3.05) is 14.2 Å². The van der Waals surface area contributed by atoms with Gasteiger partial charge < -0.3 is 18.3 Å². The van der Waals surface area contributed by atoms with Gasteiger partial charge in [0, 0.05) is 39.8 Å². The van der Waals surface area contributed by atoms with Gasteiger partial charge >= 0.3 is 0 Å². The van der Waals surface area contributed by atoms with Gasteiger partial charge in [0.15, 0.2) is 0 Å². The van der Waals surface area contributed by atoms with Gasteiger partial charge in [-0.25, -0.2) is 0 Å². The molecule has 10 aromatic rings. The molecule has 4 heterocycles. The van der Waals surface area contributed by atoms with E-state index in [4.69, 9.17) is 9.47 Å². The molecule has 0 aliphatic rings. The lowest BCUT2D eigenvalue weighted by Gasteiger charge is -2.15. The van der Waals surface area contributed by atoms with Crippen molar-refractivity contribution < 1.29 is 9.47 Å². The number of rotatable bonds is 4. The van der Waals surface area contributed by atoms with Crippen molar-refractivity contribution in [1.29, 1.82) is 0 Å². The molecular weight excluding hydrogens is 890 g/mol. The summed E-state index contributed by atoms with van der Waals surface area (Å²) < 4.78 is 18.1. The summed E-state index contributed by atoms with van der Waals surface area (Å²) in [5.74, 6) is 1.76. The van der Waals surface area contributed by atoms with Crippen LogP contribution in [0.4, 0.5) is 0 Å². The number of hydrogen-bond donors (Lipinski definition) is 0. The molecule has 6 aromatic carbocycles. The summed E-state index contributed by atoms with van der Waals surface area (Å²) in [6, 6.07) is 51.5. The summed E-state index contributed by atoms with van der Waals surface area (Å²) in [4.78, 5) is 0. The SMILES string of the molecule is COc1ccc(-c2c(I)c3ccccc3n3c2c(C)c2ccccc23)cc1.COc1ccc(-c2c(I)c3ccccc3n3c2c(C)c2ccccc23)cc1. The monoisotopic (exact) mass is 926 g/mol. The first-order valence-electron chi connectivity index (χ1n) is 17.9. The van der Waals surface area contributed by atoms with Gasteiger partial charge in [-0.15, -0.1) is 0 Å². The average molecular weight is 927 g/mol. The molecule has 0 saturated carbocycles. The van der Waals surface area contributed by atoms with E-state index in [0.29, 0.717) is 0 Å². The van der Waals surface area contributed by atoms with Crippen LogP contribution in [0.25, 0.3) is 76.9 Å². The number of methoxy groups -OCH3 is 2. The minimum atomic E-state index is 0.878. The zero-order chi connectivity index (χ0) is 37.1. The van der Waals surface area contributed by atoms with Gasteiger partial charge in [0.1, 0.15) is 11.5 Å². The van der Waals surface area contributed by atoms with Crippen LogP contribution in [0.2, 0.25) is 0 Å². The Labute approximate surface area is 341 Å². The maximum absolute atomic E-state index is 5.36. The highest BCUT2D eigenvalue weighted by Gasteiger charge is 2.21. The van der Waals surface area contributed by atoms with Gasteiger partial charge in [-0.1, -0.05) is 97.1 Å². The number of pyridine rings is 2. The fraction of sp³-hybridized carbons (Fsp3) is 0.0833. The van der Waals surface area contributed by atoms with Crippen LogP contribution in [-0.2, 0) is 0 Å². The molecule has 0 spiro atoms. The van der Waals surface area contributed by atoms with Crippen LogP contribution in [0.5, 0.6) is 11.5 Å². The molecule has 0 atom stereocenters. The van der Waals surface area contributed by atoms with E-state index >= 15 is 0 Å². The molecule has 10 rings (SSSR count). The van der Waals surface area contributed by atoms with E-state index in [0.717, 1.165) is 11.5 Å². The normalized spacial score (nSPS) is 11.5. The lowest BCUT2D eigenvalue weighted by molar-refractivity contribution is 0.415. The molecule has 0 saturated heterocycles. The molecule has 0 fully saturated rings. The fourth-order valence-corrected chi connectivity index (χ4v) is 10.2. The number of hydrogen-bond acceptors (Lipinski definition) is 2. The smallest absolute Gasteiger partial charge is 0.118 e. The van der Waals surface area contributed by atoms with Crippen molar-refractivity contribution in [2.24, 2.45) is 0 Å². The van der Waals surface area contributed by atoms with Crippen molar-refractivity contribution in [3.8, 4) is 33.8 Å². The Morgan fingerprint density at radius 1 is 0.389 bits per heavy atom. The zero-order valence-corrected chi connectivity index (χ0v) is 34.6. The predicted octanol–water partition coefficient (Wildman–Crippen LogP) is 13.7. The highest BCUT2D eigenvalue weighted by Crippen LogP contribution is 2.43. The summed E-state index contributed by atoms with van der Waals surface area (Å²) in [6.45, 7) is 4.46. The Morgan fingerprint density at radius 2 is 0.685 bits per heavy atom. The van der Waals surface area contributed by atoms with E-state index in [1.807, 2.05) is 24.3 Å². The highest BCUT2D eigenvalue weighted by atomic mass is 127. The maximum Gasteiger partial charge on any atom is 0.118 e. The molecule has 6 heteroatoms. The largest absolute Gasteiger partial charge is 0.497 e. The summed E-state index contributed by atoms with van der Waals surface area (Å²) in [5.41, 5.74) is 15.2. The molecule has 0 bridgehead atoms. The molecule has 264 valence electrons. The van der Waals surface area contributed by atoms with Crippen molar-refractivity contribution >= 4 is 99.8 Å². The number of fused-ring (bicyclic) bond motifs is 10. The van der Waals surface area contributed by atoms with Gasteiger partial charge in [-0.2, -0.15) is 0 Å². The molecule has 0 aliphatic heterocycles. The quantitative estimate of drug-likeness (QED) is 0.165. The number of benzene rings is 6. The van der Waals surface area contributed by atoms with Crippen molar-refractivity contribution in [3.63, 3.8) is 0 Å². The van der Waals surface area contributed by atoms with Crippen LogP contribution in [0.1, 0.15) is 11.1 Å². The van der Waals surface area contributed by atoms with Gasteiger partial charge in [0.05, 0.1) is 47.3 Å². The van der Waals surface area contributed by atoms with Crippen molar-refractivity contribution in [1.82, 2.24) is 8.80 Å². The Hall–Kier alpha value is -5.06. The minimum absolute atomic E-state index is 0.878. The molecule has 0 aliphatic carbocycles. The van der Waals surface area contributed by atoms with E-state index in [9.17, 15) is 0 Å². The molecule has 0 radical (unpaired) electrons. The minimum Gasteiger partial charge on any atom is -0.497 e. The molecule has 54 heavy (non-hydrogen) atoms. The third kappa shape index (κ3) is 5.44. The third-order valence-electron chi connectivity index (χ3n) is 10.7. The van der Waals surface area contributed by atoms with E-state index in [1.54, 1.807) is 14.2 Å². The molecule has 0 unspecified atom stereocenters. The molecule has 4 aromatic heterocycles. The molecule has 4 nitrogen and oxygen atoms in total. The van der Waals surface area contributed by atoms with E-state index in [-0.39, 0.29) is 0 Å². The molecular formula is C48H36I2N2O2. The Morgan fingerprint density at radius 3 is 1.02 bits per heavy atom. The summed E-state index contributed by atoms with van der Waals surface area (Å²) in [6.07, 6.45) is 0. The lowest BCUT2D eigenvalue weighted by Crippen LogP contribution is -1.96. The zero-order valence-electron chi connectivity index (χ0n) is 30.3. The number of aromatic nitrogens is 2. The Kier molecular flexibility index (Phi) is 8.98. The van der Waals surface area contributed by atoms with E-state index in [1.165, 1.54) is 95.2 Å². The van der Waals surface area contributed by atoms with Crippen LogP contribution < -0.4 is 9.47 Å². The number of nitrogens with zero attached hydrogens (tertiary/aromatic N) is 2. The summed E-state index contributed by atoms with van der Waals surface area (Å²) >= 11 is 5.01. The van der Waals surface area contributed by atoms with Crippen LogP contribution in [0, 0.1) is 21.0 Å². The molecule has 0 N–H and O–H groups in total. The van der Waals surface area contributed by atoms with Crippen molar-refractivity contribution in [3.05, 3.63) is 164 Å². The standard InChI is InChI=1S/2C24H18INO/c2*1-15-18-7-3-5-9-20(18)26-21-10-6-4-8-19(21)23(25)22(24(15)26)16-11-13-17(27-2)14-12-16/h2*3-14H,1-2H3. The van der Waals surface area contributed by atoms with Gasteiger partial charge in [0.25, 0.3) is 0 Å². The first-order chi connectivity index (χ1) is 26.4. The Balaban J connectivity index is 0.000000142. The van der Waals surface area contributed by atoms with Gasteiger partial charge in [0.2, 0.25) is 0 Å². The highest BCUT2D eigenvalue weighted by molar-refractivity contribution is 14.1. The van der Waals surface area contributed by atoms with Gasteiger partial charge in [-0.3, -0.25) is 0 Å². The second kappa shape index (κ2) is 14.0. The first-order valence-corrected chi connectivity index (χ1v) is 20.1. The summed E-state index contributed by atoms with van der Waals surface area (Å²) in [7, 11) is 3.41. The first kappa shape index (κ1) is 34.7. The fourth-order valence-electron chi connectivity index (χ4n) is 8.13. The second-order valence-electron chi connectivity index (χ2n) is 13.5. The van der Waals surface area contributed by atoms with Crippen LogP contribution in [-0.4, -0.2) is 23.0 Å². The Bertz CT molecular complexity index is 2840. The topological polar surface area (TPSA) is 27.3 Å². The number of halogens is 2. The number of aryl methyl sites for hydroxylation is 2. The summed E-state index contributed by atoms with van der Waals surface area (Å²) in [5, 5.41) is 5.16. The van der Waals surface area contributed by atoms with Crippen LogP contribution >= 0.6 is 45.2 Å². The van der Waals surface area contributed by atoms with Gasteiger partial charge in [-0.05, 0) is 130 Å².